The number of rotatable bonds is 7. The number of hydrogen-bond donors (Lipinski definition) is 0. The summed E-state index contributed by atoms with van der Waals surface area (Å²) in [4.78, 5) is 5.14. The van der Waals surface area contributed by atoms with Gasteiger partial charge in [-0.3, -0.25) is 0 Å². The average Bonchev–Trinajstić information content (AvgIpc) is 4.07. The monoisotopic (exact) mass is 812 g/mol. The normalized spacial score (nSPS) is 18.5. The van der Waals surface area contributed by atoms with Crippen molar-refractivity contribution in [1.29, 1.82) is 0 Å². The summed E-state index contributed by atoms with van der Waals surface area (Å²) in [6.45, 7) is 0. The van der Waals surface area contributed by atoms with E-state index >= 15 is 0 Å². The maximum atomic E-state index is 2.58. The highest BCUT2D eigenvalue weighted by atomic mass is 32.1. The number of nitrogens with zero attached hydrogens (tertiary/aromatic N) is 2. The van der Waals surface area contributed by atoms with E-state index in [1.54, 1.807) is 5.56 Å². The van der Waals surface area contributed by atoms with Gasteiger partial charge in [-0.15, -0.1) is 11.3 Å². The lowest BCUT2D eigenvalue weighted by Crippen LogP contribution is -2.34. The molecule has 62 heavy (non-hydrogen) atoms. The number of hydrogen-bond acceptors (Lipinski definition) is 3. The first kappa shape index (κ1) is 35.8. The third-order valence-corrected chi connectivity index (χ3v) is 15.6. The number of para-hydroxylation sites is 2. The van der Waals surface area contributed by atoms with Gasteiger partial charge in [0.2, 0.25) is 0 Å². The molecule has 10 aromatic rings. The molecule has 0 amide bonds. The molecular formula is C59H44N2S. The Morgan fingerprint density at radius 2 is 0.919 bits per heavy atom. The van der Waals surface area contributed by atoms with Crippen LogP contribution in [0.5, 0.6) is 0 Å². The Morgan fingerprint density at radius 3 is 1.60 bits per heavy atom. The van der Waals surface area contributed by atoms with Gasteiger partial charge in [0.1, 0.15) is 0 Å². The Hall–Kier alpha value is -6.94. The average molecular weight is 813 g/mol. The highest BCUT2D eigenvalue weighted by Gasteiger charge is 2.62. The van der Waals surface area contributed by atoms with E-state index in [-0.39, 0.29) is 5.41 Å². The van der Waals surface area contributed by atoms with Crippen molar-refractivity contribution in [2.24, 2.45) is 11.8 Å². The second-order valence-corrected chi connectivity index (χ2v) is 18.7. The predicted octanol–water partition coefficient (Wildman–Crippen LogP) is 16.2. The molecule has 3 unspecified atom stereocenters. The van der Waals surface area contributed by atoms with E-state index in [2.05, 4.69) is 216 Å². The second-order valence-electron chi connectivity index (χ2n) is 17.6. The van der Waals surface area contributed by atoms with Crippen LogP contribution in [0.1, 0.15) is 35.1 Å². The Bertz CT molecular complexity index is 3320. The molecule has 0 radical (unpaired) electrons. The minimum absolute atomic E-state index is 0.120. The standard InChI is InChI=1S/C59H44N2S/c1-3-17-47(18-4-1)60(49-31-27-40(28-32-49)42-26-25-39-13-7-8-14-41(39)35-42)53-22-11-15-43-36-45-29-30-46-37-44-16-12-23-54(58(44)59(45,46)57(43)53)61(48-19-5-2-6-20-48)50-33-34-52-51-21-9-10-24-55(51)62-56(52)38-50/h1-28,31-35,38,45-46H,29-30,36-37H2. The molecule has 1 aromatic heterocycles. The summed E-state index contributed by atoms with van der Waals surface area (Å²) in [6.07, 6.45) is 4.71. The van der Waals surface area contributed by atoms with Gasteiger partial charge in [-0.25, -0.2) is 0 Å². The molecule has 9 aromatic carbocycles. The van der Waals surface area contributed by atoms with Gasteiger partial charge < -0.3 is 9.80 Å². The SMILES string of the molecule is c1ccc(N(c2ccc(-c3ccc4ccccc4c3)cc2)c2cccc3c2C24c5c(cccc5N(c5ccccc5)c5ccc6c(c5)sc5ccccc56)CC2CCC4C3)cc1. The van der Waals surface area contributed by atoms with E-state index in [0.717, 1.165) is 12.8 Å². The first-order chi connectivity index (χ1) is 30.7. The van der Waals surface area contributed by atoms with Crippen molar-refractivity contribution < 1.29 is 0 Å². The molecule has 1 saturated carbocycles. The molecule has 3 aliphatic rings. The highest BCUT2D eigenvalue weighted by molar-refractivity contribution is 7.25. The van der Waals surface area contributed by atoms with E-state index in [4.69, 9.17) is 0 Å². The summed E-state index contributed by atoms with van der Waals surface area (Å²) in [5, 5.41) is 5.20. The Kier molecular flexibility index (Phi) is 8.11. The smallest absolute Gasteiger partial charge is 0.0505 e. The topological polar surface area (TPSA) is 6.48 Å². The summed E-state index contributed by atoms with van der Waals surface area (Å²) < 4.78 is 2.66. The van der Waals surface area contributed by atoms with Crippen LogP contribution in [0.15, 0.2) is 206 Å². The molecule has 0 saturated heterocycles. The zero-order valence-corrected chi connectivity index (χ0v) is 35.2. The number of benzene rings is 9. The summed E-state index contributed by atoms with van der Waals surface area (Å²) >= 11 is 1.90. The van der Waals surface area contributed by atoms with E-state index in [9.17, 15) is 0 Å². The van der Waals surface area contributed by atoms with E-state index in [0.29, 0.717) is 11.8 Å². The Morgan fingerprint density at radius 1 is 0.387 bits per heavy atom. The zero-order chi connectivity index (χ0) is 40.8. The van der Waals surface area contributed by atoms with Gasteiger partial charge in [0.05, 0.1) is 11.4 Å². The van der Waals surface area contributed by atoms with Gasteiger partial charge in [-0.2, -0.15) is 0 Å². The van der Waals surface area contributed by atoms with Gasteiger partial charge in [0.25, 0.3) is 0 Å². The summed E-state index contributed by atoms with van der Waals surface area (Å²) in [6, 6.07) is 77.3. The van der Waals surface area contributed by atoms with Crippen LogP contribution in [-0.2, 0) is 18.3 Å². The molecular weight excluding hydrogens is 769 g/mol. The van der Waals surface area contributed by atoms with Crippen molar-refractivity contribution in [3.05, 3.63) is 229 Å². The van der Waals surface area contributed by atoms with Crippen LogP contribution in [0.4, 0.5) is 34.1 Å². The van der Waals surface area contributed by atoms with Gasteiger partial charge in [-0.05, 0) is 154 Å². The minimum atomic E-state index is -0.120. The summed E-state index contributed by atoms with van der Waals surface area (Å²) in [5.74, 6) is 1.06. The van der Waals surface area contributed by atoms with Crippen LogP contribution in [0.2, 0.25) is 0 Å². The van der Waals surface area contributed by atoms with E-state index in [1.165, 1.54) is 106 Å². The largest absolute Gasteiger partial charge is 0.310 e. The molecule has 13 rings (SSSR count). The van der Waals surface area contributed by atoms with Crippen molar-refractivity contribution in [3.63, 3.8) is 0 Å². The molecule has 1 heterocycles. The van der Waals surface area contributed by atoms with Crippen LogP contribution in [0.25, 0.3) is 42.1 Å². The molecule has 3 atom stereocenters. The predicted molar refractivity (Wildman–Crippen MR) is 262 cm³/mol. The van der Waals surface area contributed by atoms with Crippen molar-refractivity contribution in [2.75, 3.05) is 9.80 Å². The van der Waals surface area contributed by atoms with E-state index < -0.39 is 0 Å². The zero-order valence-electron chi connectivity index (χ0n) is 34.4. The fourth-order valence-electron chi connectivity index (χ4n) is 12.1. The number of anilines is 6. The van der Waals surface area contributed by atoms with Gasteiger partial charge in [0.15, 0.2) is 0 Å². The third kappa shape index (κ3) is 5.34. The fourth-order valence-corrected chi connectivity index (χ4v) is 13.2. The first-order valence-corrected chi connectivity index (χ1v) is 23.0. The highest BCUT2D eigenvalue weighted by Crippen LogP contribution is 2.69. The van der Waals surface area contributed by atoms with Gasteiger partial charge >= 0.3 is 0 Å². The van der Waals surface area contributed by atoms with Crippen LogP contribution < -0.4 is 9.80 Å². The number of thiophene rings is 1. The van der Waals surface area contributed by atoms with Crippen LogP contribution >= 0.6 is 11.3 Å². The lowest BCUT2D eigenvalue weighted by Gasteiger charge is -2.40. The van der Waals surface area contributed by atoms with Crippen LogP contribution in [-0.4, -0.2) is 0 Å². The minimum Gasteiger partial charge on any atom is -0.310 e. The molecule has 3 aliphatic carbocycles. The molecule has 3 heteroatoms. The van der Waals surface area contributed by atoms with Crippen molar-refractivity contribution in [2.45, 2.75) is 31.1 Å². The lowest BCUT2D eigenvalue weighted by molar-refractivity contribution is 0.350. The molecule has 2 nitrogen and oxygen atoms in total. The first-order valence-electron chi connectivity index (χ1n) is 22.2. The maximum Gasteiger partial charge on any atom is 0.0505 e. The van der Waals surface area contributed by atoms with Crippen molar-refractivity contribution in [1.82, 2.24) is 0 Å². The maximum absolute atomic E-state index is 2.58. The second kappa shape index (κ2) is 14.1. The number of fused-ring (bicyclic) bond motifs is 6. The quantitative estimate of drug-likeness (QED) is 0.158. The Labute approximate surface area is 367 Å². The van der Waals surface area contributed by atoms with Crippen LogP contribution in [0, 0.1) is 11.8 Å². The molecule has 0 N–H and O–H groups in total. The molecule has 1 fully saturated rings. The Balaban J connectivity index is 1.00. The fraction of sp³-hybridized carbons (Fsp3) is 0.119. The van der Waals surface area contributed by atoms with Gasteiger partial charge in [-0.1, -0.05) is 133 Å². The molecule has 0 bridgehead atoms. The molecule has 296 valence electrons. The van der Waals surface area contributed by atoms with E-state index in [1.807, 2.05) is 11.3 Å². The molecule has 1 spiro atoms. The van der Waals surface area contributed by atoms with Crippen molar-refractivity contribution in [3.8, 4) is 11.1 Å². The third-order valence-electron chi connectivity index (χ3n) is 14.5. The summed E-state index contributed by atoms with van der Waals surface area (Å²) in [7, 11) is 0. The molecule has 0 aliphatic heterocycles. The van der Waals surface area contributed by atoms with Crippen LogP contribution in [0.3, 0.4) is 0 Å². The van der Waals surface area contributed by atoms with Gasteiger partial charge in [0, 0.05) is 48.3 Å². The summed E-state index contributed by atoms with van der Waals surface area (Å²) in [5.41, 5.74) is 15.8. The lowest BCUT2D eigenvalue weighted by atomic mass is 9.68. The van der Waals surface area contributed by atoms with Crippen molar-refractivity contribution >= 4 is 76.4 Å².